The molecule has 0 saturated carbocycles. The lowest BCUT2D eigenvalue weighted by Crippen LogP contribution is -2.41. The Hall–Kier alpha value is -3.95. The second-order valence-corrected chi connectivity index (χ2v) is 6.45. The topological polar surface area (TPSA) is 132 Å². The molecule has 2 aromatic rings. The van der Waals surface area contributed by atoms with Crippen molar-refractivity contribution in [3.05, 3.63) is 63.7 Å². The summed E-state index contributed by atoms with van der Waals surface area (Å²) >= 11 is 0. The lowest BCUT2D eigenvalue weighted by molar-refractivity contribution is -0.384. The van der Waals surface area contributed by atoms with E-state index < -0.39 is 16.7 Å². The van der Waals surface area contributed by atoms with Gasteiger partial charge >= 0.3 is 11.8 Å². The van der Waals surface area contributed by atoms with E-state index in [9.17, 15) is 19.7 Å². The number of rotatable bonds is 8. The number of non-ortho nitro benzene ring substituents is 1. The van der Waals surface area contributed by atoms with Crippen molar-refractivity contribution in [2.24, 2.45) is 5.10 Å². The largest absolute Gasteiger partial charge is 0.493 e. The smallest absolute Gasteiger partial charge is 0.329 e. The Balaban J connectivity index is 1.97. The summed E-state index contributed by atoms with van der Waals surface area (Å²) in [6.45, 7) is 3.68. The molecule has 2 rings (SSSR count). The van der Waals surface area contributed by atoms with E-state index in [2.05, 4.69) is 15.8 Å². The Morgan fingerprint density at radius 3 is 2.43 bits per heavy atom. The number of nitro benzene ring substituents is 1. The second-order valence-electron chi connectivity index (χ2n) is 6.45. The van der Waals surface area contributed by atoms with Crippen LogP contribution in [0.3, 0.4) is 0 Å². The molecule has 0 spiro atoms. The third-order valence-electron chi connectivity index (χ3n) is 3.73. The van der Waals surface area contributed by atoms with E-state index in [-0.39, 0.29) is 18.3 Å². The molecule has 0 radical (unpaired) electrons. The quantitative estimate of drug-likeness (QED) is 0.294. The van der Waals surface area contributed by atoms with E-state index in [0.717, 1.165) is 5.56 Å². The Bertz CT molecular complexity index is 941. The number of nitrogens with zero attached hydrogens (tertiary/aromatic N) is 2. The molecular weight excluding hydrogens is 392 g/mol. The molecule has 2 aromatic carbocycles. The van der Waals surface area contributed by atoms with Gasteiger partial charge in [-0.1, -0.05) is 0 Å². The van der Waals surface area contributed by atoms with Gasteiger partial charge in [-0.15, -0.1) is 0 Å². The highest BCUT2D eigenvalue weighted by Crippen LogP contribution is 2.28. The monoisotopic (exact) mass is 414 g/mol. The minimum Gasteiger partial charge on any atom is -0.493 e. The van der Waals surface area contributed by atoms with Crippen molar-refractivity contribution >= 4 is 23.7 Å². The molecule has 0 saturated heterocycles. The van der Waals surface area contributed by atoms with Gasteiger partial charge in [0.05, 0.1) is 18.2 Å². The van der Waals surface area contributed by atoms with Crippen LogP contribution in [-0.4, -0.2) is 36.1 Å². The number of ether oxygens (including phenoxy) is 2. The molecular formula is C20H22N4O6. The van der Waals surface area contributed by atoms with Crippen molar-refractivity contribution in [2.75, 3.05) is 7.11 Å². The van der Waals surface area contributed by atoms with Crippen LogP contribution in [-0.2, 0) is 16.2 Å². The van der Waals surface area contributed by atoms with Gasteiger partial charge in [0.2, 0.25) is 0 Å². The molecule has 0 aliphatic rings. The molecule has 0 atom stereocenters. The number of nitrogens with one attached hydrogen (secondary N) is 2. The van der Waals surface area contributed by atoms with E-state index in [1.807, 2.05) is 0 Å². The molecule has 0 aliphatic heterocycles. The van der Waals surface area contributed by atoms with Crippen molar-refractivity contribution in [2.45, 2.75) is 26.5 Å². The number of hydrogen-bond acceptors (Lipinski definition) is 7. The van der Waals surface area contributed by atoms with Crippen LogP contribution >= 0.6 is 0 Å². The maximum Gasteiger partial charge on any atom is 0.329 e. The van der Waals surface area contributed by atoms with Crippen LogP contribution in [0.1, 0.15) is 25.0 Å². The van der Waals surface area contributed by atoms with Gasteiger partial charge in [0, 0.05) is 18.2 Å². The molecule has 10 nitrogen and oxygen atoms in total. The van der Waals surface area contributed by atoms with Crippen LogP contribution in [0.5, 0.6) is 11.5 Å². The Morgan fingerprint density at radius 2 is 1.83 bits per heavy atom. The first-order chi connectivity index (χ1) is 14.3. The van der Waals surface area contributed by atoms with Crippen molar-refractivity contribution in [1.82, 2.24) is 10.7 Å². The predicted molar refractivity (Wildman–Crippen MR) is 109 cm³/mol. The molecule has 0 aliphatic carbocycles. The van der Waals surface area contributed by atoms with Gasteiger partial charge < -0.3 is 14.8 Å². The van der Waals surface area contributed by atoms with Crippen molar-refractivity contribution in [3.8, 4) is 11.5 Å². The molecule has 10 heteroatoms. The molecule has 2 amide bonds. The summed E-state index contributed by atoms with van der Waals surface area (Å²) in [6.07, 6.45) is 1.36. The first kappa shape index (κ1) is 22.3. The van der Waals surface area contributed by atoms with Crippen LogP contribution < -0.4 is 20.2 Å². The molecule has 30 heavy (non-hydrogen) atoms. The number of hydrazone groups is 1. The molecule has 0 fully saturated rings. The molecule has 2 N–H and O–H groups in total. The summed E-state index contributed by atoms with van der Waals surface area (Å²) in [4.78, 5) is 33.4. The summed E-state index contributed by atoms with van der Waals surface area (Å²) < 4.78 is 11.0. The van der Waals surface area contributed by atoms with Crippen LogP contribution in [0.2, 0.25) is 0 Å². The standard InChI is InChI=1S/C20H22N4O6/c1-13(2)22-19(25)20(26)23-21-11-15-6-9-17(18(10-15)29-3)30-12-14-4-7-16(8-5-14)24(27)28/h4-11,13H,12H2,1-3H3,(H,22,25)(H,23,26)/b21-11-. The van der Waals surface area contributed by atoms with E-state index >= 15 is 0 Å². The van der Waals surface area contributed by atoms with E-state index in [1.165, 1.54) is 25.5 Å². The Labute approximate surface area is 173 Å². The summed E-state index contributed by atoms with van der Waals surface area (Å²) in [7, 11) is 1.48. The Kier molecular flexibility index (Phi) is 7.86. The highest BCUT2D eigenvalue weighted by Gasteiger charge is 2.13. The van der Waals surface area contributed by atoms with Gasteiger partial charge in [-0.3, -0.25) is 19.7 Å². The highest BCUT2D eigenvalue weighted by molar-refractivity contribution is 6.35. The fourth-order valence-corrected chi connectivity index (χ4v) is 2.30. The van der Waals surface area contributed by atoms with Crippen LogP contribution in [0.4, 0.5) is 5.69 Å². The van der Waals surface area contributed by atoms with Crippen molar-refractivity contribution < 1.29 is 24.0 Å². The third-order valence-corrected chi connectivity index (χ3v) is 3.73. The minimum absolute atomic E-state index is 0.00810. The highest BCUT2D eigenvalue weighted by atomic mass is 16.6. The SMILES string of the molecule is COc1cc(/C=N\NC(=O)C(=O)NC(C)C)ccc1OCc1ccc([N+](=O)[O-])cc1. The zero-order valence-corrected chi connectivity index (χ0v) is 16.7. The second kappa shape index (κ2) is 10.6. The summed E-state index contributed by atoms with van der Waals surface area (Å²) in [5.41, 5.74) is 3.52. The fraction of sp³-hybridized carbons (Fsp3) is 0.250. The average Bonchev–Trinajstić information content (AvgIpc) is 2.72. The first-order valence-corrected chi connectivity index (χ1v) is 8.98. The lowest BCUT2D eigenvalue weighted by Gasteiger charge is -2.11. The predicted octanol–water partition coefficient (Wildman–Crippen LogP) is 2.16. The molecule has 0 aromatic heterocycles. The number of nitro groups is 1. The Morgan fingerprint density at radius 1 is 1.13 bits per heavy atom. The number of amides is 2. The van der Waals surface area contributed by atoms with Gasteiger partial charge in [0.25, 0.3) is 5.69 Å². The number of carbonyl (C=O) groups excluding carboxylic acids is 2. The number of carbonyl (C=O) groups is 2. The summed E-state index contributed by atoms with van der Waals surface area (Å²) in [6, 6.07) is 10.9. The lowest BCUT2D eigenvalue weighted by atomic mass is 10.2. The molecule has 0 bridgehead atoms. The van der Waals surface area contributed by atoms with E-state index in [1.54, 1.807) is 44.2 Å². The van der Waals surface area contributed by atoms with Gasteiger partial charge in [-0.25, -0.2) is 5.43 Å². The number of benzene rings is 2. The summed E-state index contributed by atoms with van der Waals surface area (Å²) in [5, 5.41) is 16.9. The van der Waals surface area contributed by atoms with E-state index in [0.29, 0.717) is 17.1 Å². The van der Waals surface area contributed by atoms with Gasteiger partial charge in [0.1, 0.15) is 6.61 Å². The zero-order chi connectivity index (χ0) is 22.1. The first-order valence-electron chi connectivity index (χ1n) is 8.98. The maximum absolute atomic E-state index is 11.6. The number of methoxy groups -OCH3 is 1. The van der Waals surface area contributed by atoms with Crippen LogP contribution in [0.15, 0.2) is 47.6 Å². The summed E-state index contributed by atoms with van der Waals surface area (Å²) in [5.74, 6) is -0.734. The van der Waals surface area contributed by atoms with Crippen LogP contribution in [0, 0.1) is 10.1 Å². The van der Waals surface area contributed by atoms with Crippen molar-refractivity contribution in [1.29, 1.82) is 0 Å². The normalized spacial score (nSPS) is 10.7. The fourth-order valence-electron chi connectivity index (χ4n) is 2.30. The molecule has 158 valence electrons. The molecule has 0 unspecified atom stereocenters. The minimum atomic E-state index is -0.866. The van der Waals surface area contributed by atoms with Gasteiger partial charge in [0.15, 0.2) is 11.5 Å². The van der Waals surface area contributed by atoms with Gasteiger partial charge in [-0.2, -0.15) is 5.10 Å². The molecule has 0 heterocycles. The maximum atomic E-state index is 11.6. The van der Waals surface area contributed by atoms with E-state index in [4.69, 9.17) is 9.47 Å². The average molecular weight is 414 g/mol. The van der Waals surface area contributed by atoms with Crippen molar-refractivity contribution in [3.63, 3.8) is 0 Å². The third kappa shape index (κ3) is 6.59. The number of hydrogen-bond donors (Lipinski definition) is 2. The van der Waals surface area contributed by atoms with Crippen LogP contribution in [0.25, 0.3) is 0 Å². The zero-order valence-electron chi connectivity index (χ0n) is 16.7. The van der Waals surface area contributed by atoms with Gasteiger partial charge in [-0.05, 0) is 55.3 Å².